The Labute approximate surface area is 140 Å². The number of unbranched alkanes of at least 4 members (excludes halogenated alkanes) is 1. The molecule has 1 aliphatic heterocycles. The predicted molar refractivity (Wildman–Crippen MR) is 92.8 cm³/mol. The summed E-state index contributed by atoms with van der Waals surface area (Å²) >= 11 is 0. The number of hydrogen-bond donors (Lipinski definition) is 0. The highest BCUT2D eigenvalue weighted by Gasteiger charge is 2.35. The van der Waals surface area contributed by atoms with Crippen molar-refractivity contribution in [1.29, 1.82) is 0 Å². The number of hydrogen-bond acceptors (Lipinski definition) is 3. The quantitative estimate of drug-likeness (QED) is 0.294. The van der Waals surface area contributed by atoms with E-state index in [0.29, 0.717) is 18.6 Å². The molecular weight excluding hydrogens is 288 g/mol. The van der Waals surface area contributed by atoms with Crippen molar-refractivity contribution in [3.05, 3.63) is 48.6 Å². The lowest BCUT2D eigenvalue weighted by molar-refractivity contribution is -0.305. The topological polar surface area (TPSA) is 52.7 Å². The van der Waals surface area contributed by atoms with E-state index >= 15 is 0 Å². The van der Waals surface area contributed by atoms with Gasteiger partial charge in [-0.25, -0.2) is 0 Å². The number of rotatable bonds is 13. The Morgan fingerprint density at radius 1 is 0.913 bits per heavy atom. The summed E-state index contributed by atoms with van der Waals surface area (Å²) in [6.07, 6.45) is 24.7. The zero-order chi connectivity index (χ0) is 16.8. The molecule has 1 heterocycles. The molecule has 0 saturated carbocycles. The first-order valence-corrected chi connectivity index (χ1v) is 8.69. The third-order valence-electron chi connectivity index (χ3n) is 3.69. The van der Waals surface area contributed by atoms with Gasteiger partial charge in [-0.1, -0.05) is 55.5 Å². The van der Waals surface area contributed by atoms with Crippen LogP contribution in [0.5, 0.6) is 0 Å². The second-order valence-electron chi connectivity index (χ2n) is 5.71. The van der Waals surface area contributed by atoms with Crippen LogP contribution in [0.1, 0.15) is 58.3 Å². The van der Waals surface area contributed by atoms with Gasteiger partial charge in [0.1, 0.15) is 0 Å². The average Bonchev–Trinajstić information content (AvgIpc) is 3.29. The molecular formula is C20H29O3-. The van der Waals surface area contributed by atoms with Gasteiger partial charge >= 0.3 is 0 Å². The molecule has 23 heavy (non-hydrogen) atoms. The first kappa shape index (κ1) is 19.4. The molecule has 1 saturated heterocycles. The normalized spacial score (nSPS) is 21.3. The van der Waals surface area contributed by atoms with Gasteiger partial charge in [0.25, 0.3) is 0 Å². The summed E-state index contributed by atoms with van der Waals surface area (Å²) in [5.74, 6) is -0.967. The van der Waals surface area contributed by atoms with Gasteiger partial charge < -0.3 is 14.6 Å². The Bertz CT molecular complexity index is 432. The van der Waals surface area contributed by atoms with Crippen LogP contribution in [0.2, 0.25) is 0 Å². The predicted octanol–water partition coefficient (Wildman–Crippen LogP) is 3.87. The van der Waals surface area contributed by atoms with Gasteiger partial charge in [-0.3, -0.25) is 0 Å². The number of carbonyl (C=O) groups excluding carboxylic acids is 1. The maximum absolute atomic E-state index is 10.2. The number of carbonyl (C=O) groups is 1. The van der Waals surface area contributed by atoms with E-state index in [4.69, 9.17) is 4.74 Å². The zero-order valence-corrected chi connectivity index (χ0v) is 14.2. The molecule has 0 amide bonds. The van der Waals surface area contributed by atoms with Crippen LogP contribution < -0.4 is 5.11 Å². The van der Waals surface area contributed by atoms with E-state index in [1.54, 1.807) is 0 Å². The summed E-state index contributed by atoms with van der Waals surface area (Å²) in [5, 5.41) is 10.2. The lowest BCUT2D eigenvalue weighted by Gasteiger charge is -1.97. The molecule has 1 rings (SSSR count). The van der Waals surface area contributed by atoms with Crippen LogP contribution in [0.25, 0.3) is 0 Å². The van der Waals surface area contributed by atoms with Crippen molar-refractivity contribution in [3.8, 4) is 0 Å². The number of allylic oxidation sites excluding steroid dienone is 7. The van der Waals surface area contributed by atoms with Crippen molar-refractivity contribution >= 4 is 5.97 Å². The van der Waals surface area contributed by atoms with Crippen LogP contribution in [-0.4, -0.2) is 18.2 Å². The molecule has 0 spiro atoms. The molecule has 0 N–H and O–H groups in total. The van der Waals surface area contributed by atoms with E-state index in [1.807, 2.05) is 6.08 Å². The fourth-order valence-electron chi connectivity index (χ4n) is 2.27. The lowest BCUT2D eigenvalue weighted by atomic mass is 10.2. The van der Waals surface area contributed by atoms with E-state index < -0.39 is 5.97 Å². The number of ether oxygens (including phenoxy) is 1. The van der Waals surface area contributed by atoms with E-state index in [-0.39, 0.29) is 6.42 Å². The maximum atomic E-state index is 10.2. The molecule has 0 aliphatic carbocycles. The highest BCUT2D eigenvalue weighted by atomic mass is 16.6. The molecule has 3 heteroatoms. The monoisotopic (exact) mass is 317 g/mol. The summed E-state index contributed by atoms with van der Waals surface area (Å²) in [6.45, 7) is 2.16. The first-order valence-electron chi connectivity index (χ1n) is 8.69. The average molecular weight is 317 g/mol. The van der Waals surface area contributed by atoms with Gasteiger partial charge in [0.15, 0.2) is 0 Å². The lowest BCUT2D eigenvalue weighted by Crippen LogP contribution is -2.21. The molecule has 0 bridgehead atoms. The smallest absolute Gasteiger partial charge is 0.0876 e. The number of epoxide rings is 1. The molecule has 0 aromatic rings. The Balaban J connectivity index is 1.90. The summed E-state index contributed by atoms with van der Waals surface area (Å²) in [5.41, 5.74) is 0. The summed E-state index contributed by atoms with van der Waals surface area (Å²) in [4.78, 5) is 10.2. The van der Waals surface area contributed by atoms with E-state index in [9.17, 15) is 9.90 Å². The van der Waals surface area contributed by atoms with Gasteiger partial charge in [-0.2, -0.15) is 0 Å². The van der Waals surface area contributed by atoms with Crippen molar-refractivity contribution in [1.82, 2.24) is 0 Å². The standard InChI is InChI=1S/C20H30O3/c1-2-18-19(23-18)16-14-12-10-8-6-4-3-5-7-9-11-13-15-17-20(21)22/h3,5-6,8-9,11-12,14,18-19H,2,4,7,10,13,15-17H2,1H3,(H,21,22)/p-1/b5-3-,8-6-,11-9-,14-12-/t18-,19+/m0/s1. The highest BCUT2D eigenvalue weighted by Crippen LogP contribution is 2.28. The largest absolute Gasteiger partial charge is 0.550 e. The van der Waals surface area contributed by atoms with Crippen LogP contribution in [-0.2, 0) is 9.53 Å². The SMILES string of the molecule is CC[C@@H]1O[C@@H]1C/C=C\C/C=C\C/C=C\C/C=C\CCCC(=O)[O-]. The second-order valence-corrected chi connectivity index (χ2v) is 5.71. The molecule has 3 nitrogen and oxygen atoms in total. The van der Waals surface area contributed by atoms with Crippen molar-refractivity contribution in [2.75, 3.05) is 0 Å². The molecule has 0 unspecified atom stereocenters. The third kappa shape index (κ3) is 11.6. The van der Waals surface area contributed by atoms with Crippen molar-refractivity contribution in [3.63, 3.8) is 0 Å². The Morgan fingerprint density at radius 3 is 2.00 bits per heavy atom. The van der Waals surface area contributed by atoms with Gasteiger partial charge in [0, 0.05) is 5.97 Å². The van der Waals surface area contributed by atoms with E-state index in [1.165, 1.54) is 0 Å². The van der Waals surface area contributed by atoms with Crippen LogP contribution in [0.4, 0.5) is 0 Å². The van der Waals surface area contributed by atoms with Gasteiger partial charge in [-0.05, 0) is 51.4 Å². The summed E-state index contributed by atoms with van der Waals surface area (Å²) < 4.78 is 5.48. The van der Waals surface area contributed by atoms with Gasteiger partial charge in [0.05, 0.1) is 12.2 Å². The number of carboxylic acid groups (broad SMARTS) is 1. The molecule has 0 aromatic carbocycles. The Hall–Kier alpha value is -1.61. The minimum Gasteiger partial charge on any atom is -0.550 e. The number of aliphatic carboxylic acids is 1. The molecule has 1 fully saturated rings. The van der Waals surface area contributed by atoms with Crippen molar-refractivity contribution in [2.24, 2.45) is 0 Å². The van der Waals surface area contributed by atoms with Gasteiger partial charge in [-0.15, -0.1) is 0 Å². The second kappa shape index (κ2) is 12.9. The molecule has 1 aliphatic rings. The van der Waals surface area contributed by atoms with Crippen LogP contribution in [0, 0.1) is 0 Å². The van der Waals surface area contributed by atoms with Crippen LogP contribution in [0.15, 0.2) is 48.6 Å². The Kier molecular flexibility index (Phi) is 10.9. The molecule has 2 atom stereocenters. The fourth-order valence-corrected chi connectivity index (χ4v) is 2.27. The molecule has 0 radical (unpaired) electrons. The van der Waals surface area contributed by atoms with Gasteiger partial charge in [0.2, 0.25) is 0 Å². The summed E-state index contributed by atoms with van der Waals surface area (Å²) in [6, 6.07) is 0. The van der Waals surface area contributed by atoms with Crippen molar-refractivity contribution in [2.45, 2.75) is 70.5 Å². The minimum atomic E-state index is -0.967. The highest BCUT2D eigenvalue weighted by molar-refractivity contribution is 5.64. The van der Waals surface area contributed by atoms with Crippen LogP contribution in [0.3, 0.4) is 0 Å². The Morgan fingerprint density at radius 2 is 1.48 bits per heavy atom. The number of carboxylic acids is 1. The zero-order valence-electron chi connectivity index (χ0n) is 14.2. The minimum absolute atomic E-state index is 0.145. The van der Waals surface area contributed by atoms with E-state index in [0.717, 1.165) is 38.5 Å². The maximum Gasteiger partial charge on any atom is 0.0876 e. The molecule has 0 aromatic heterocycles. The first-order chi connectivity index (χ1) is 11.2. The summed E-state index contributed by atoms with van der Waals surface area (Å²) in [7, 11) is 0. The van der Waals surface area contributed by atoms with Crippen molar-refractivity contribution < 1.29 is 14.6 Å². The van der Waals surface area contributed by atoms with E-state index in [2.05, 4.69) is 49.5 Å². The third-order valence-corrected chi connectivity index (χ3v) is 3.69. The molecule has 128 valence electrons. The van der Waals surface area contributed by atoms with Crippen LogP contribution >= 0.6 is 0 Å². The fraction of sp³-hybridized carbons (Fsp3) is 0.550.